The van der Waals surface area contributed by atoms with Crippen LogP contribution in [0, 0.1) is 0 Å². The molecule has 9 aromatic carbocycles. The molecule has 0 atom stereocenters. The number of hydrogen-bond donors (Lipinski definition) is 0. The van der Waals surface area contributed by atoms with E-state index in [2.05, 4.69) is 218 Å². The first-order valence-corrected chi connectivity index (χ1v) is 19.4. The summed E-state index contributed by atoms with van der Waals surface area (Å²) in [6.07, 6.45) is 0. The van der Waals surface area contributed by atoms with Crippen molar-refractivity contribution >= 4 is 49.4 Å². The maximum absolute atomic E-state index is 2.49. The highest BCUT2D eigenvalue weighted by atomic mass is 14.4. The third kappa shape index (κ3) is 5.15. The van der Waals surface area contributed by atoms with Crippen LogP contribution in [0.15, 0.2) is 224 Å². The van der Waals surface area contributed by atoms with Gasteiger partial charge in [0.1, 0.15) is 0 Å². The summed E-state index contributed by atoms with van der Waals surface area (Å²) in [6.45, 7) is 0. The molecular weight excluding hydrogens is 673 g/mol. The Morgan fingerprint density at radius 1 is 0.179 bits per heavy atom. The van der Waals surface area contributed by atoms with Gasteiger partial charge in [-0.1, -0.05) is 200 Å². The van der Waals surface area contributed by atoms with Gasteiger partial charge < -0.3 is 0 Å². The van der Waals surface area contributed by atoms with Crippen LogP contribution in [0.2, 0.25) is 0 Å². The molecule has 0 bridgehead atoms. The van der Waals surface area contributed by atoms with Crippen molar-refractivity contribution in [3.05, 3.63) is 257 Å². The fourth-order valence-corrected chi connectivity index (χ4v) is 9.14. The first-order chi connectivity index (χ1) is 27.8. The van der Waals surface area contributed by atoms with E-state index in [1.54, 1.807) is 0 Å². The van der Waals surface area contributed by atoms with E-state index in [-0.39, 0.29) is 0 Å². The highest BCUT2D eigenvalue weighted by Gasteiger charge is 2.40. The molecule has 0 saturated heterocycles. The van der Waals surface area contributed by atoms with Crippen molar-refractivity contribution in [2.45, 2.75) is 0 Å². The minimum Gasteiger partial charge on any atom is -0.0622 e. The van der Waals surface area contributed by atoms with Crippen molar-refractivity contribution in [2.24, 2.45) is 0 Å². The maximum Gasteiger partial charge on any atom is -0.000137 e. The van der Waals surface area contributed by atoms with Crippen molar-refractivity contribution in [1.82, 2.24) is 0 Å². The Morgan fingerprint density at radius 3 is 1.09 bits per heavy atom. The molecule has 0 heteroatoms. The Morgan fingerprint density at radius 2 is 0.554 bits per heavy atom. The molecule has 56 heavy (non-hydrogen) atoms. The number of rotatable bonds is 6. The van der Waals surface area contributed by atoms with E-state index in [1.807, 2.05) is 0 Å². The first-order valence-electron chi connectivity index (χ1n) is 19.4. The maximum atomic E-state index is 2.49. The van der Waals surface area contributed by atoms with Gasteiger partial charge >= 0.3 is 0 Å². The van der Waals surface area contributed by atoms with Gasteiger partial charge in [0.25, 0.3) is 0 Å². The molecule has 0 heterocycles. The molecule has 2 aliphatic carbocycles. The second-order valence-electron chi connectivity index (χ2n) is 14.7. The Labute approximate surface area is 327 Å². The van der Waals surface area contributed by atoms with Gasteiger partial charge in [0.05, 0.1) is 0 Å². The summed E-state index contributed by atoms with van der Waals surface area (Å²) < 4.78 is 0. The van der Waals surface area contributed by atoms with Gasteiger partial charge in [-0.25, -0.2) is 0 Å². The average molecular weight is 709 g/mol. The van der Waals surface area contributed by atoms with Crippen molar-refractivity contribution in [2.75, 3.05) is 0 Å². The quantitative estimate of drug-likeness (QED) is 0.151. The Kier molecular flexibility index (Phi) is 7.60. The van der Waals surface area contributed by atoms with Crippen LogP contribution in [-0.2, 0) is 0 Å². The predicted octanol–water partition coefficient (Wildman–Crippen LogP) is 14.7. The third-order valence-electron chi connectivity index (χ3n) is 11.6. The van der Waals surface area contributed by atoms with E-state index >= 15 is 0 Å². The van der Waals surface area contributed by atoms with Crippen LogP contribution < -0.4 is 0 Å². The first kappa shape index (κ1) is 32.2. The zero-order valence-electron chi connectivity index (χ0n) is 30.8. The van der Waals surface area contributed by atoms with Crippen LogP contribution in [0.1, 0.15) is 33.4 Å². The Bertz CT molecular complexity index is 3060. The average Bonchev–Trinajstić information content (AvgIpc) is 3.79. The smallest absolute Gasteiger partial charge is 0.000137 e. The molecule has 260 valence electrons. The second kappa shape index (κ2) is 13.2. The van der Waals surface area contributed by atoms with Crippen LogP contribution in [0.5, 0.6) is 0 Å². The zero-order chi connectivity index (χ0) is 37.0. The number of fused-ring (bicyclic) bond motifs is 6. The molecule has 0 aliphatic heterocycles. The molecule has 0 nitrogen and oxygen atoms in total. The van der Waals surface area contributed by atoms with Crippen molar-refractivity contribution in [1.29, 1.82) is 0 Å². The van der Waals surface area contributed by atoms with Crippen molar-refractivity contribution in [3.63, 3.8) is 0 Å². The highest BCUT2D eigenvalue weighted by molar-refractivity contribution is 6.39. The largest absolute Gasteiger partial charge is 0.0622 e. The minimum absolute atomic E-state index is 1.21. The van der Waals surface area contributed by atoms with E-state index in [0.29, 0.717) is 0 Å². The molecule has 2 aliphatic rings. The molecule has 0 amide bonds. The lowest BCUT2D eigenvalue weighted by molar-refractivity contribution is 1.52. The summed E-state index contributed by atoms with van der Waals surface area (Å²) in [6, 6.07) is 80.3. The lowest BCUT2D eigenvalue weighted by Gasteiger charge is -2.19. The summed E-state index contributed by atoms with van der Waals surface area (Å²) in [5, 5.41) is 5.04. The van der Waals surface area contributed by atoms with E-state index in [4.69, 9.17) is 0 Å². The molecule has 0 saturated carbocycles. The van der Waals surface area contributed by atoms with Gasteiger partial charge in [0, 0.05) is 0 Å². The number of benzene rings is 9. The number of allylic oxidation sites excluding steroid dienone is 5. The molecule has 11 rings (SSSR count). The fraction of sp³-hybridized carbons (Fsp3) is 0. The molecule has 0 N–H and O–H groups in total. The molecule has 0 aromatic heterocycles. The summed E-state index contributed by atoms with van der Waals surface area (Å²) in [4.78, 5) is 0. The molecule has 0 radical (unpaired) electrons. The summed E-state index contributed by atoms with van der Waals surface area (Å²) in [7, 11) is 0. The van der Waals surface area contributed by atoms with Gasteiger partial charge in [-0.3, -0.25) is 0 Å². The van der Waals surface area contributed by atoms with Crippen LogP contribution in [0.4, 0.5) is 0 Å². The van der Waals surface area contributed by atoms with E-state index < -0.39 is 0 Å². The highest BCUT2D eigenvalue weighted by Crippen LogP contribution is 2.62. The summed E-state index contributed by atoms with van der Waals surface area (Å²) in [5.41, 5.74) is 20.0. The van der Waals surface area contributed by atoms with Crippen LogP contribution in [0.25, 0.3) is 71.7 Å². The van der Waals surface area contributed by atoms with Crippen molar-refractivity contribution < 1.29 is 0 Å². The van der Waals surface area contributed by atoms with Crippen molar-refractivity contribution in [3.8, 4) is 22.3 Å². The number of hydrogen-bond acceptors (Lipinski definition) is 0. The van der Waals surface area contributed by atoms with Crippen LogP contribution in [-0.4, -0.2) is 0 Å². The monoisotopic (exact) mass is 708 g/mol. The van der Waals surface area contributed by atoms with E-state index in [0.717, 1.165) is 0 Å². The van der Waals surface area contributed by atoms with Gasteiger partial charge in [0.2, 0.25) is 0 Å². The van der Waals surface area contributed by atoms with Gasteiger partial charge in [-0.05, 0) is 129 Å². The third-order valence-corrected chi connectivity index (χ3v) is 11.6. The second-order valence-corrected chi connectivity index (χ2v) is 14.7. The lowest BCUT2D eigenvalue weighted by Crippen LogP contribution is -1.97. The van der Waals surface area contributed by atoms with Crippen LogP contribution >= 0.6 is 0 Å². The minimum atomic E-state index is 1.21. The lowest BCUT2D eigenvalue weighted by atomic mass is 9.84. The molecule has 0 fully saturated rings. The van der Waals surface area contributed by atoms with E-state index in [9.17, 15) is 0 Å². The Balaban J connectivity index is 1.33. The van der Waals surface area contributed by atoms with Gasteiger partial charge in [-0.2, -0.15) is 0 Å². The summed E-state index contributed by atoms with van der Waals surface area (Å²) >= 11 is 0. The van der Waals surface area contributed by atoms with E-state index in [1.165, 1.54) is 111 Å². The van der Waals surface area contributed by atoms with Gasteiger partial charge in [-0.15, -0.1) is 0 Å². The standard InChI is InChI=1S/C56H36/c1-6-18-37(19-7-1)47-35-49-50(36-48(47)38-20-8-2-9-21-38)55-54(44-33-32-40-31-30-39-22-16-17-29-45(39)46(40)34-44)52(42-25-12-4-13-26-42)53(43-27-14-5-15-28-43)56(55)51(49)41-23-10-3-11-24-41/h1-36H. The predicted molar refractivity (Wildman–Crippen MR) is 238 cm³/mol. The fourth-order valence-electron chi connectivity index (χ4n) is 9.14. The van der Waals surface area contributed by atoms with Gasteiger partial charge in [0.15, 0.2) is 0 Å². The molecule has 9 aromatic rings. The SMILES string of the molecule is c1ccc(C2=C(c3ccccc3)C(c3ccc4ccc5ccccc5c4c3)=C3C2=C(c2ccccc2)c2cc(-c4ccccc4)c(-c4ccccc4)cc23)cc1. The molecule has 0 unspecified atom stereocenters. The molecule has 0 spiro atoms. The molecular formula is C56H36. The summed E-state index contributed by atoms with van der Waals surface area (Å²) in [5.74, 6) is 0. The zero-order valence-corrected chi connectivity index (χ0v) is 30.8. The topological polar surface area (TPSA) is 0 Å². The van der Waals surface area contributed by atoms with Crippen LogP contribution in [0.3, 0.4) is 0 Å². The normalized spacial score (nSPS) is 13.5. The Hall–Kier alpha value is -7.28.